The first-order valence-electron chi connectivity index (χ1n) is 6.51. The molecule has 120 valence electrons. The molecule has 6 nitrogen and oxygen atoms in total. The first-order valence-corrected chi connectivity index (χ1v) is 7.99. The van der Waals surface area contributed by atoms with Crippen molar-refractivity contribution in [3.8, 4) is 0 Å². The molecular formula is C12H19F2N3O3S. The van der Waals surface area contributed by atoms with Crippen LogP contribution in [0.15, 0.2) is 23.2 Å². The average molecular weight is 323 g/mol. The molecule has 0 fully saturated rings. The van der Waals surface area contributed by atoms with Crippen molar-refractivity contribution in [1.29, 1.82) is 0 Å². The van der Waals surface area contributed by atoms with Crippen molar-refractivity contribution in [3.63, 3.8) is 0 Å². The molecule has 0 unspecified atom stereocenters. The van der Waals surface area contributed by atoms with Crippen LogP contribution in [0.3, 0.4) is 0 Å². The Morgan fingerprint density at radius 2 is 2.14 bits per heavy atom. The van der Waals surface area contributed by atoms with Gasteiger partial charge in [-0.25, -0.2) is 26.9 Å². The Hall–Kier alpha value is -1.32. The molecule has 1 aromatic heterocycles. The number of ether oxygens (including phenoxy) is 1. The molecule has 0 saturated heterocycles. The van der Waals surface area contributed by atoms with Crippen LogP contribution in [0.2, 0.25) is 0 Å². The fraction of sp³-hybridized carbons (Fsp3) is 0.583. The van der Waals surface area contributed by atoms with Crippen LogP contribution in [0.4, 0.5) is 14.6 Å². The molecule has 0 saturated carbocycles. The second kappa shape index (κ2) is 8.85. The van der Waals surface area contributed by atoms with Gasteiger partial charge >= 0.3 is 0 Å². The number of nitrogens with zero attached hydrogens (tertiary/aromatic N) is 1. The lowest BCUT2D eigenvalue weighted by Gasteiger charge is -2.09. The van der Waals surface area contributed by atoms with E-state index in [1.54, 1.807) is 0 Å². The highest BCUT2D eigenvalue weighted by atomic mass is 32.2. The predicted octanol–water partition coefficient (Wildman–Crippen LogP) is 1.46. The second-order valence-corrected chi connectivity index (χ2v) is 5.93. The van der Waals surface area contributed by atoms with Crippen LogP contribution in [-0.4, -0.2) is 46.1 Å². The Bertz CT molecular complexity index is 526. The van der Waals surface area contributed by atoms with Gasteiger partial charge in [-0.05, 0) is 12.5 Å². The van der Waals surface area contributed by atoms with E-state index in [2.05, 4.69) is 19.8 Å². The van der Waals surface area contributed by atoms with Gasteiger partial charge in [-0.3, -0.25) is 0 Å². The minimum atomic E-state index is -3.71. The fourth-order valence-corrected chi connectivity index (χ4v) is 2.46. The van der Waals surface area contributed by atoms with Crippen LogP contribution in [-0.2, 0) is 14.8 Å². The largest absolute Gasteiger partial charge is 0.374 e. The summed E-state index contributed by atoms with van der Waals surface area (Å²) in [6.45, 7) is 1.77. The van der Waals surface area contributed by atoms with E-state index in [1.807, 2.05) is 6.92 Å². The first kappa shape index (κ1) is 17.7. The van der Waals surface area contributed by atoms with Crippen LogP contribution < -0.4 is 10.0 Å². The normalized spacial score (nSPS) is 11.8. The van der Waals surface area contributed by atoms with E-state index < -0.39 is 23.1 Å². The average Bonchev–Trinajstić information content (AvgIpc) is 2.44. The summed E-state index contributed by atoms with van der Waals surface area (Å²) in [5, 5.41) is 2.98. The lowest BCUT2D eigenvalue weighted by atomic mass is 10.4. The van der Waals surface area contributed by atoms with Crippen LogP contribution in [0.1, 0.15) is 13.3 Å². The molecule has 9 heteroatoms. The molecule has 0 radical (unpaired) electrons. The standard InChI is InChI=1S/C12H19F2N3O3S/c1-2-4-15-12-8-10(3-5-16-12)21(18,19)17-6-7-20-9-11(13)14/h3,5,8,11,17H,2,4,6-7,9H2,1H3,(H,15,16). The third kappa shape index (κ3) is 6.78. The number of sulfonamides is 1. The summed E-state index contributed by atoms with van der Waals surface area (Å²) < 4.78 is 54.5. The highest BCUT2D eigenvalue weighted by Crippen LogP contribution is 2.12. The maximum atomic E-state index is 12.0. The predicted molar refractivity (Wildman–Crippen MR) is 75.0 cm³/mol. The molecule has 0 aromatic carbocycles. The van der Waals surface area contributed by atoms with Crippen molar-refractivity contribution in [1.82, 2.24) is 9.71 Å². The zero-order valence-corrected chi connectivity index (χ0v) is 12.5. The van der Waals surface area contributed by atoms with E-state index in [9.17, 15) is 17.2 Å². The van der Waals surface area contributed by atoms with Crippen molar-refractivity contribution in [2.24, 2.45) is 0 Å². The fourth-order valence-electron chi connectivity index (χ4n) is 1.43. The molecule has 0 aliphatic heterocycles. The molecule has 0 aliphatic carbocycles. The maximum Gasteiger partial charge on any atom is 0.261 e. The summed E-state index contributed by atoms with van der Waals surface area (Å²) in [7, 11) is -3.71. The molecule has 21 heavy (non-hydrogen) atoms. The van der Waals surface area contributed by atoms with E-state index >= 15 is 0 Å². The van der Waals surface area contributed by atoms with Gasteiger partial charge < -0.3 is 10.1 Å². The highest BCUT2D eigenvalue weighted by molar-refractivity contribution is 7.89. The van der Waals surface area contributed by atoms with Gasteiger partial charge in [0.15, 0.2) is 0 Å². The number of rotatable bonds is 10. The van der Waals surface area contributed by atoms with Crippen molar-refractivity contribution in [2.75, 3.05) is 31.6 Å². The Balaban J connectivity index is 2.53. The lowest BCUT2D eigenvalue weighted by Crippen LogP contribution is -2.28. The molecule has 0 spiro atoms. The first-order chi connectivity index (χ1) is 9.95. The number of aromatic nitrogens is 1. The van der Waals surface area contributed by atoms with E-state index in [1.165, 1.54) is 18.3 Å². The van der Waals surface area contributed by atoms with Crippen molar-refractivity contribution in [3.05, 3.63) is 18.3 Å². The Morgan fingerprint density at radius 3 is 2.81 bits per heavy atom. The van der Waals surface area contributed by atoms with Gasteiger partial charge in [0.2, 0.25) is 10.0 Å². The van der Waals surface area contributed by atoms with Crippen molar-refractivity contribution in [2.45, 2.75) is 24.7 Å². The van der Waals surface area contributed by atoms with E-state index in [4.69, 9.17) is 0 Å². The number of hydrogen-bond donors (Lipinski definition) is 2. The van der Waals surface area contributed by atoms with E-state index in [0.29, 0.717) is 12.4 Å². The third-order valence-electron chi connectivity index (χ3n) is 2.38. The summed E-state index contributed by atoms with van der Waals surface area (Å²) >= 11 is 0. The topological polar surface area (TPSA) is 80.3 Å². The highest BCUT2D eigenvalue weighted by Gasteiger charge is 2.14. The smallest absolute Gasteiger partial charge is 0.261 e. The summed E-state index contributed by atoms with van der Waals surface area (Å²) in [6.07, 6.45) is -0.285. The molecule has 1 aromatic rings. The number of alkyl halides is 2. The SMILES string of the molecule is CCCNc1cc(S(=O)(=O)NCCOCC(F)F)ccn1. The summed E-state index contributed by atoms with van der Waals surface area (Å²) in [5.74, 6) is 0.466. The van der Waals surface area contributed by atoms with Crippen molar-refractivity contribution >= 4 is 15.8 Å². The zero-order valence-electron chi connectivity index (χ0n) is 11.7. The van der Waals surface area contributed by atoms with Crippen LogP contribution in [0.25, 0.3) is 0 Å². The van der Waals surface area contributed by atoms with Gasteiger partial charge in [0.1, 0.15) is 12.4 Å². The van der Waals surface area contributed by atoms with Gasteiger partial charge in [0, 0.05) is 25.4 Å². The van der Waals surface area contributed by atoms with E-state index in [-0.39, 0.29) is 18.0 Å². The number of nitrogens with one attached hydrogen (secondary N) is 2. The summed E-state index contributed by atoms with van der Waals surface area (Å²) in [4.78, 5) is 4.07. The maximum absolute atomic E-state index is 12.0. The molecule has 2 N–H and O–H groups in total. The molecular weight excluding hydrogens is 304 g/mol. The quantitative estimate of drug-likeness (QED) is 0.637. The van der Waals surface area contributed by atoms with Gasteiger partial charge in [-0.2, -0.15) is 0 Å². The molecule has 0 atom stereocenters. The Labute approximate surface area is 123 Å². The number of halogens is 2. The summed E-state index contributed by atoms with van der Waals surface area (Å²) in [6, 6.07) is 2.78. The molecule has 1 heterocycles. The lowest BCUT2D eigenvalue weighted by molar-refractivity contribution is 0.0199. The molecule has 0 bridgehead atoms. The number of hydrogen-bond acceptors (Lipinski definition) is 5. The molecule has 0 aliphatic rings. The third-order valence-corrected chi connectivity index (χ3v) is 3.84. The minimum Gasteiger partial charge on any atom is -0.374 e. The van der Waals surface area contributed by atoms with Gasteiger partial charge in [-0.1, -0.05) is 6.92 Å². The monoisotopic (exact) mass is 323 g/mol. The van der Waals surface area contributed by atoms with Crippen molar-refractivity contribution < 1.29 is 21.9 Å². The zero-order chi connectivity index (χ0) is 15.7. The van der Waals surface area contributed by atoms with Gasteiger partial charge in [0.05, 0.1) is 11.5 Å². The molecule has 1 rings (SSSR count). The van der Waals surface area contributed by atoms with Crippen LogP contribution in [0.5, 0.6) is 0 Å². The summed E-state index contributed by atoms with van der Waals surface area (Å²) in [5.41, 5.74) is 0. The van der Waals surface area contributed by atoms with Crippen LogP contribution in [0, 0.1) is 0 Å². The Morgan fingerprint density at radius 1 is 1.38 bits per heavy atom. The Kier molecular flexibility index (Phi) is 7.48. The number of anilines is 1. The van der Waals surface area contributed by atoms with E-state index in [0.717, 1.165) is 6.42 Å². The van der Waals surface area contributed by atoms with Gasteiger partial charge in [-0.15, -0.1) is 0 Å². The number of pyridine rings is 1. The minimum absolute atomic E-state index is 0.0602. The molecule has 0 amide bonds. The van der Waals surface area contributed by atoms with Crippen LogP contribution >= 0.6 is 0 Å². The second-order valence-electron chi connectivity index (χ2n) is 4.17. The van der Waals surface area contributed by atoms with Gasteiger partial charge in [0.25, 0.3) is 6.43 Å².